The van der Waals surface area contributed by atoms with Crippen molar-refractivity contribution >= 4 is 24.0 Å². The van der Waals surface area contributed by atoms with Crippen LogP contribution in [0.5, 0.6) is 0 Å². The van der Waals surface area contributed by atoms with Crippen LogP contribution in [0.15, 0.2) is 34.7 Å². The third-order valence-electron chi connectivity index (χ3n) is 3.95. The Kier molecular flexibility index (Phi) is 9.39. The first-order valence-electron chi connectivity index (χ1n) is 8.27. The van der Waals surface area contributed by atoms with Gasteiger partial charge in [-0.3, -0.25) is 0 Å². The van der Waals surface area contributed by atoms with Gasteiger partial charge in [0.2, 0.25) is 0 Å². The van der Waals surface area contributed by atoms with Gasteiger partial charge >= 0.3 is 0 Å². The molecule has 0 atom stereocenters. The van der Waals surface area contributed by atoms with Crippen molar-refractivity contribution in [1.82, 2.24) is 5.32 Å². The van der Waals surface area contributed by atoms with E-state index in [0.29, 0.717) is 0 Å². The Balaban J connectivity index is 0.00000264. The second-order valence-electron chi connectivity index (χ2n) is 5.77. The van der Waals surface area contributed by atoms with Crippen LogP contribution in [-0.2, 0) is 6.54 Å². The Morgan fingerprint density at radius 2 is 1.83 bits per heavy atom. The molecule has 1 aromatic carbocycles. The molecule has 2 aromatic rings. The van der Waals surface area contributed by atoms with Crippen molar-refractivity contribution in [1.29, 1.82) is 0 Å². The van der Waals surface area contributed by atoms with E-state index in [0.717, 1.165) is 40.8 Å². The van der Waals surface area contributed by atoms with Crippen molar-refractivity contribution in [3.63, 3.8) is 0 Å². The molecule has 0 aliphatic rings. The molecule has 0 saturated heterocycles. The summed E-state index contributed by atoms with van der Waals surface area (Å²) < 4.78 is 5.93. The average molecular weight is 356 g/mol. The second kappa shape index (κ2) is 10.7. The molecule has 4 heteroatoms. The Morgan fingerprint density at radius 1 is 1.04 bits per heavy atom. The Hall–Kier alpha value is -0.960. The number of hydrogen-bond donors (Lipinski definition) is 1. The van der Waals surface area contributed by atoms with E-state index in [1.165, 1.54) is 32.1 Å². The third-order valence-corrected chi connectivity index (χ3v) is 4.36. The number of unbranched alkanes of at least 4 members (excludes halogenated alkanes) is 4. The van der Waals surface area contributed by atoms with Crippen molar-refractivity contribution in [2.45, 2.75) is 52.5 Å². The van der Waals surface area contributed by atoms with Crippen molar-refractivity contribution in [2.75, 3.05) is 6.54 Å². The topological polar surface area (TPSA) is 25.2 Å². The zero-order valence-corrected chi connectivity index (χ0v) is 15.6. The standard InChI is InChI=1S/C19H26ClNO.ClH/c1-3-4-5-6-7-13-21-14-16-11-12-19(22-16)17-9-8-10-18(20)15(17)2;/h8-12,21H,3-7,13-14H2,1-2H3;1H. The summed E-state index contributed by atoms with van der Waals surface area (Å²) >= 11 is 6.17. The second-order valence-corrected chi connectivity index (χ2v) is 6.18. The molecule has 0 fully saturated rings. The zero-order chi connectivity index (χ0) is 15.8. The van der Waals surface area contributed by atoms with E-state index in [1.54, 1.807) is 0 Å². The highest BCUT2D eigenvalue weighted by Crippen LogP contribution is 2.29. The van der Waals surface area contributed by atoms with Crippen LogP contribution in [0.1, 0.15) is 50.4 Å². The lowest BCUT2D eigenvalue weighted by atomic mass is 10.1. The van der Waals surface area contributed by atoms with Crippen molar-refractivity contribution in [3.8, 4) is 11.3 Å². The Bertz CT molecular complexity index is 580. The predicted molar refractivity (Wildman–Crippen MR) is 102 cm³/mol. The summed E-state index contributed by atoms with van der Waals surface area (Å²) in [4.78, 5) is 0. The fraction of sp³-hybridized carbons (Fsp3) is 0.474. The SMILES string of the molecule is CCCCCCCNCc1ccc(-c2cccc(Cl)c2C)o1.Cl. The minimum atomic E-state index is 0. The molecule has 0 aliphatic heterocycles. The van der Waals surface area contributed by atoms with E-state index in [2.05, 4.69) is 12.2 Å². The molecular weight excluding hydrogens is 329 g/mol. The molecule has 0 saturated carbocycles. The van der Waals surface area contributed by atoms with Crippen LogP contribution in [0.2, 0.25) is 5.02 Å². The van der Waals surface area contributed by atoms with Gasteiger partial charge in [-0.2, -0.15) is 0 Å². The van der Waals surface area contributed by atoms with Gasteiger partial charge in [0, 0.05) is 10.6 Å². The lowest BCUT2D eigenvalue weighted by Gasteiger charge is -2.05. The molecule has 0 aliphatic carbocycles. The van der Waals surface area contributed by atoms with Crippen LogP contribution >= 0.6 is 24.0 Å². The van der Waals surface area contributed by atoms with Gasteiger partial charge in [-0.05, 0) is 43.7 Å². The Labute approximate surface area is 151 Å². The highest BCUT2D eigenvalue weighted by atomic mass is 35.5. The molecule has 128 valence electrons. The van der Waals surface area contributed by atoms with Crippen molar-refractivity contribution in [2.24, 2.45) is 0 Å². The zero-order valence-electron chi connectivity index (χ0n) is 14.0. The first-order valence-corrected chi connectivity index (χ1v) is 8.65. The van der Waals surface area contributed by atoms with Gasteiger partial charge in [0.05, 0.1) is 6.54 Å². The van der Waals surface area contributed by atoms with Crippen LogP contribution in [0.4, 0.5) is 0 Å². The molecule has 2 rings (SSSR count). The molecule has 0 bridgehead atoms. The highest BCUT2D eigenvalue weighted by molar-refractivity contribution is 6.31. The summed E-state index contributed by atoms with van der Waals surface area (Å²) in [6, 6.07) is 9.98. The van der Waals surface area contributed by atoms with Gasteiger partial charge in [0.15, 0.2) is 0 Å². The molecule has 23 heavy (non-hydrogen) atoms. The number of hydrogen-bond acceptors (Lipinski definition) is 2. The predicted octanol–water partition coefficient (Wildman–Crippen LogP) is 6.39. The third kappa shape index (κ3) is 6.21. The molecule has 1 N–H and O–H groups in total. The van der Waals surface area contributed by atoms with Gasteiger partial charge in [0.25, 0.3) is 0 Å². The summed E-state index contributed by atoms with van der Waals surface area (Å²) in [5.41, 5.74) is 2.13. The highest BCUT2D eigenvalue weighted by Gasteiger charge is 2.09. The molecule has 0 radical (unpaired) electrons. The maximum Gasteiger partial charge on any atom is 0.134 e. The smallest absolute Gasteiger partial charge is 0.134 e. The van der Waals surface area contributed by atoms with E-state index >= 15 is 0 Å². The largest absolute Gasteiger partial charge is 0.460 e. The fourth-order valence-corrected chi connectivity index (χ4v) is 2.73. The summed E-state index contributed by atoms with van der Waals surface area (Å²) in [7, 11) is 0. The first kappa shape index (κ1) is 20.1. The first-order chi connectivity index (χ1) is 10.7. The maximum atomic E-state index is 6.17. The van der Waals surface area contributed by atoms with E-state index in [1.807, 2.05) is 37.3 Å². The molecule has 1 aromatic heterocycles. The van der Waals surface area contributed by atoms with Crippen LogP contribution in [-0.4, -0.2) is 6.54 Å². The number of rotatable bonds is 9. The van der Waals surface area contributed by atoms with Crippen molar-refractivity contribution < 1.29 is 4.42 Å². The average Bonchev–Trinajstić information content (AvgIpc) is 2.98. The molecule has 1 heterocycles. The minimum Gasteiger partial charge on any atom is -0.460 e. The summed E-state index contributed by atoms with van der Waals surface area (Å²) in [6.07, 6.45) is 6.54. The van der Waals surface area contributed by atoms with E-state index < -0.39 is 0 Å². The monoisotopic (exact) mass is 355 g/mol. The lowest BCUT2D eigenvalue weighted by Crippen LogP contribution is -2.14. The van der Waals surface area contributed by atoms with Crippen molar-refractivity contribution in [3.05, 3.63) is 46.7 Å². The normalized spacial score (nSPS) is 10.6. The van der Waals surface area contributed by atoms with Crippen LogP contribution in [0, 0.1) is 6.92 Å². The van der Waals surface area contributed by atoms with E-state index in [-0.39, 0.29) is 12.4 Å². The minimum absolute atomic E-state index is 0. The molecule has 2 nitrogen and oxygen atoms in total. The summed E-state index contributed by atoms with van der Waals surface area (Å²) in [6.45, 7) is 6.10. The maximum absolute atomic E-state index is 6.17. The lowest BCUT2D eigenvalue weighted by molar-refractivity contribution is 0.486. The Morgan fingerprint density at radius 3 is 2.61 bits per heavy atom. The van der Waals surface area contributed by atoms with E-state index in [9.17, 15) is 0 Å². The number of furan rings is 1. The van der Waals surface area contributed by atoms with Gasteiger partial charge in [-0.25, -0.2) is 0 Å². The molecule has 0 unspecified atom stereocenters. The molecular formula is C19H27Cl2NO. The summed E-state index contributed by atoms with van der Waals surface area (Å²) in [5.74, 6) is 1.86. The van der Waals surface area contributed by atoms with Crippen LogP contribution in [0.25, 0.3) is 11.3 Å². The van der Waals surface area contributed by atoms with Gasteiger partial charge < -0.3 is 9.73 Å². The fourth-order valence-electron chi connectivity index (χ4n) is 2.56. The van der Waals surface area contributed by atoms with E-state index in [4.69, 9.17) is 16.0 Å². The quantitative estimate of drug-likeness (QED) is 0.527. The van der Waals surface area contributed by atoms with Gasteiger partial charge in [-0.15, -0.1) is 12.4 Å². The summed E-state index contributed by atoms with van der Waals surface area (Å²) in [5, 5.41) is 4.23. The number of benzene rings is 1. The van der Waals surface area contributed by atoms with Crippen LogP contribution in [0.3, 0.4) is 0 Å². The molecule has 0 spiro atoms. The van der Waals surface area contributed by atoms with Gasteiger partial charge in [-0.1, -0.05) is 56.3 Å². The van der Waals surface area contributed by atoms with Gasteiger partial charge in [0.1, 0.15) is 11.5 Å². The number of nitrogens with one attached hydrogen (secondary N) is 1. The number of halogens is 2. The molecule has 0 amide bonds. The van der Waals surface area contributed by atoms with Crippen LogP contribution < -0.4 is 5.32 Å².